The first-order valence-corrected chi connectivity index (χ1v) is 5.82. The van der Waals surface area contributed by atoms with Crippen LogP contribution in [-0.4, -0.2) is 55.1 Å². The van der Waals surface area contributed by atoms with E-state index in [-0.39, 0.29) is 5.54 Å². The van der Waals surface area contributed by atoms with E-state index in [4.69, 9.17) is 5.73 Å². The predicted octanol–water partition coefficient (Wildman–Crippen LogP) is 0.751. The van der Waals surface area contributed by atoms with Crippen LogP contribution in [0.5, 0.6) is 0 Å². The summed E-state index contributed by atoms with van der Waals surface area (Å²) >= 11 is 0. The molecule has 1 saturated heterocycles. The molecule has 0 aromatic rings. The van der Waals surface area contributed by atoms with Crippen molar-refractivity contribution in [2.75, 3.05) is 39.8 Å². The molecule has 0 aromatic carbocycles. The first-order valence-electron chi connectivity index (χ1n) is 5.82. The highest BCUT2D eigenvalue weighted by Crippen LogP contribution is 2.26. The smallest absolute Gasteiger partial charge is 0.0470 e. The molecular formula is C11H25N3. The fourth-order valence-corrected chi connectivity index (χ4v) is 2.61. The first kappa shape index (κ1) is 12.0. The monoisotopic (exact) mass is 199 g/mol. The minimum atomic E-state index is 0.263. The van der Waals surface area contributed by atoms with E-state index in [1.54, 1.807) is 0 Å². The third-order valence-electron chi connectivity index (χ3n) is 3.45. The molecule has 1 heterocycles. The number of likely N-dealkylation sites (N-methyl/N-ethyl adjacent to an activating group) is 2. The molecule has 0 aliphatic carbocycles. The maximum Gasteiger partial charge on any atom is 0.0470 e. The SMILES string of the molecule is CCCN(CC)C1(CN)CCN(C)C1. The summed E-state index contributed by atoms with van der Waals surface area (Å²) in [5.74, 6) is 0. The highest BCUT2D eigenvalue weighted by atomic mass is 15.3. The van der Waals surface area contributed by atoms with E-state index >= 15 is 0 Å². The van der Waals surface area contributed by atoms with Gasteiger partial charge in [-0.1, -0.05) is 13.8 Å². The standard InChI is InChI=1S/C11H25N3/c1-4-7-14(5-2)11(9-12)6-8-13(3)10-11/h4-10,12H2,1-3H3. The van der Waals surface area contributed by atoms with Crippen LogP contribution in [0.4, 0.5) is 0 Å². The van der Waals surface area contributed by atoms with Gasteiger partial charge in [0.25, 0.3) is 0 Å². The Morgan fingerprint density at radius 2 is 2.14 bits per heavy atom. The van der Waals surface area contributed by atoms with Crippen LogP contribution in [0.15, 0.2) is 0 Å². The predicted molar refractivity (Wildman–Crippen MR) is 61.4 cm³/mol. The molecule has 2 N–H and O–H groups in total. The molecule has 1 rings (SSSR count). The van der Waals surface area contributed by atoms with E-state index in [0.29, 0.717) is 0 Å². The van der Waals surface area contributed by atoms with Gasteiger partial charge >= 0.3 is 0 Å². The van der Waals surface area contributed by atoms with Crippen molar-refractivity contribution in [2.45, 2.75) is 32.2 Å². The van der Waals surface area contributed by atoms with Crippen LogP contribution in [-0.2, 0) is 0 Å². The summed E-state index contributed by atoms with van der Waals surface area (Å²) in [6.45, 7) is 9.91. The molecule has 3 nitrogen and oxygen atoms in total. The zero-order valence-corrected chi connectivity index (χ0v) is 9.92. The topological polar surface area (TPSA) is 32.5 Å². The van der Waals surface area contributed by atoms with Gasteiger partial charge < -0.3 is 10.6 Å². The Morgan fingerprint density at radius 3 is 2.50 bits per heavy atom. The number of nitrogens with zero attached hydrogens (tertiary/aromatic N) is 2. The molecule has 1 aliphatic heterocycles. The summed E-state index contributed by atoms with van der Waals surface area (Å²) < 4.78 is 0. The second-order valence-corrected chi connectivity index (χ2v) is 4.50. The zero-order chi connectivity index (χ0) is 10.6. The Bertz CT molecular complexity index is 172. The average molecular weight is 199 g/mol. The summed E-state index contributed by atoms with van der Waals surface area (Å²) in [7, 11) is 2.19. The summed E-state index contributed by atoms with van der Waals surface area (Å²) in [6, 6.07) is 0. The molecule has 0 bridgehead atoms. The van der Waals surface area contributed by atoms with Crippen molar-refractivity contribution in [3.05, 3.63) is 0 Å². The van der Waals surface area contributed by atoms with E-state index in [9.17, 15) is 0 Å². The van der Waals surface area contributed by atoms with E-state index in [2.05, 4.69) is 30.7 Å². The van der Waals surface area contributed by atoms with Crippen LogP contribution in [0.1, 0.15) is 26.7 Å². The first-order chi connectivity index (χ1) is 6.68. The van der Waals surface area contributed by atoms with Gasteiger partial charge in [-0.05, 0) is 39.5 Å². The Kier molecular flexibility index (Phi) is 4.35. The van der Waals surface area contributed by atoms with Gasteiger partial charge in [-0.25, -0.2) is 0 Å². The van der Waals surface area contributed by atoms with Crippen molar-refractivity contribution < 1.29 is 0 Å². The molecule has 1 fully saturated rings. The number of likely N-dealkylation sites (tertiary alicyclic amines) is 1. The van der Waals surface area contributed by atoms with Crippen LogP contribution in [0.2, 0.25) is 0 Å². The average Bonchev–Trinajstić information content (AvgIpc) is 2.57. The number of nitrogens with two attached hydrogens (primary N) is 1. The molecule has 14 heavy (non-hydrogen) atoms. The van der Waals surface area contributed by atoms with Gasteiger partial charge in [-0.15, -0.1) is 0 Å². The number of rotatable bonds is 5. The van der Waals surface area contributed by atoms with Gasteiger partial charge in [-0.3, -0.25) is 4.90 Å². The number of hydrogen-bond donors (Lipinski definition) is 1. The molecule has 0 aromatic heterocycles. The molecule has 1 unspecified atom stereocenters. The normalized spacial score (nSPS) is 28.9. The molecule has 3 heteroatoms. The lowest BCUT2D eigenvalue weighted by Gasteiger charge is -2.39. The molecule has 0 radical (unpaired) electrons. The lowest BCUT2D eigenvalue weighted by molar-refractivity contribution is 0.108. The van der Waals surface area contributed by atoms with Gasteiger partial charge in [0.2, 0.25) is 0 Å². The van der Waals surface area contributed by atoms with Crippen LogP contribution in [0.25, 0.3) is 0 Å². The summed E-state index contributed by atoms with van der Waals surface area (Å²) in [5, 5.41) is 0. The molecule has 1 aliphatic rings. The summed E-state index contributed by atoms with van der Waals surface area (Å²) in [6.07, 6.45) is 2.45. The quantitative estimate of drug-likeness (QED) is 0.709. The minimum absolute atomic E-state index is 0.263. The molecule has 0 amide bonds. The molecule has 0 spiro atoms. The van der Waals surface area contributed by atoms with Crippen LogP contribution in [0.3, 0.4) is 0 Å². The van der Waals surface area contributed by atoms with Crippen molar-refractivity contribution in [2.24, 2.45) is 5.73 Å². The third kappa shape index (κ3) is 2.27. The van der Waals surface area contributed by atoms with Gasteiger partial charge in [0.1, 0.15) is 0 Å². The highest BCUT2D eigenvalue weighted by Gasteiger charge is 2.39. The Balaban J connectivity index is 2.66. The van der Waals surface area contributed by atoms with Crippen molar-refractivity contribution in [1.29, 1.82) is 0 Å². The van der Waals surface area contributed by atoms with Crippen LogP contribution < -0.4 is 5.73 Å². The maximum absolute atomic E-state index is 5.97. The fraction of sp³-hybridized carbons (Fsp3) is 1.00. The maximum atomic E-state index is 5.97. The zero-order valence-electron chi connectivity index (χ0n) is 9.92. The van der Waals surface area contributed by atoms with E-state index in [0.717, 1.165) is 19.6 Å². The van der Waals surface area contributed by atoms with E-state index in [1.165, 1.54) is 25.9 Å². The summed E-state index contributed by atoms with van der Waals surface area (Å²) in [4.78, 5) is 4.96. The lowest BCUT2D eigenvalue weighted by atomic mass is 9.96. The van der Waals surface area contributed by atoms with Gasteiger partial charge in [0, 0.05) is 18.6 Å². The Morgan fingerprint density at radius 1 is 1.43 bits per heavy atom. The molecule has 1 atom stereocenters. The highest BCUT2D eigenvalue weighted by molar-refractivity contribution is 4.98. The molecule has 84 valence electrons. The van der Waals surface area contributed by atoms with Gasteiger partial charge in [0.05, 0.1) is 0 Å². The Hall–Kier alpha value is -0.120. The molecular weight excluding hydrogens is 174 g/mol. The van der Waals surface area contributed by atoms with E-state index < -0.39 is 0 Å². The minimum Gasteiger partial charge on any atom is -0.329 e. The van der Waals surface area contributed by atoms with Crippen LogP contribution >= 0.6 is 0 Å². The largest absolute Gasteiger partial charge is 0.329 e. The molecule has 0 saturated carbocycles. The van der Waals surface area contributed by atoms with Crippen molar-refractivity contribution in [3.63, 3.8) is 0 Å². The fourth-order valence-electron chi connectivity index (χ4n) is 2.61. The van der Waals surface area contributed by atoms with Gasteiger partial charge in [-0.2, -0.15) is 0 Å². The third-order valence-corrected chi connectivity index (χ3v) is 3.45. The van der Waals surface area contributed by atoms with Gasteiger partial charge in [0.15, 0.2) is 0 Å². The summed E-state index contributed by atoms with van der Waals surface area (Å²) in [5.41, 5.74) is 6.23. The van der Waals surface area contributed by atoms with E-state index in [1.807, 2.05) is 0 Å². The second kappa shape index (κ2) is 5.10. The second-order valence-electron chi connectivity index (χ2n) is 4.50. The lowest BCUT2D eigenvalue weighted by Crippen LogP contribution is -2.55. The van der Waals surface area contributed by atoms with Crippen LogP contribution in [0, 0.1) is 0 Å². The number of hydrogen-bond acceptors (Lipinski definition) is 3. The van der Waals surface area contributed by atoms with Crippen molar-refractivity contribution >= 4 is 0 Å². The van der Waals surface area contributed by atoms with Crippen molar-refractivity contribution in [1.82, 2.24) is 9.80 Å². The Labute approximate surface area is 88.2 Å². The van der Waals surface area contributed by atoms with Crippen molar-refractivity contribution in [3.8, 4) is 0 Å².